The third kappa shape index (κ3) is 5.29. The Hall–Kier alpha value is -4.41. The number of nitrogens with zero attached hydrogens (tertiary/aromatic N) is 6. The molecule has 0 fully saturated rings. The van der Waals surface area contributed by atoms with E-state index in [-0.39, 0.29) is 25.1 Å². The quantitative estimate of drug-likeness (QED) is 0.304. The molecule has 1 aliphatic heterocycles. The number of halogens is 2. The van der Waals surface area contributed by atoms with E-state index in [1.54, 1.807) is 30.6 Å². The van der Waals surface area contributed by atoms with E-state index < -0.39 is 6.09 Å². The fourth-order valence-electron chi connectivity index (χ4n) is 4.34. The molecule has 0 radical (unpaired) electrons. The summed E-state index contributed by atoms with van der Waals surface area (Å²) in [5, 5.41) is 13.3. The van der Waals surface area contributed by atoms with Gasteiger partial charge in [0.1, 0.15) is 11.4 Å². The Bertz CT molecular complexity index is 1550. The summed E-state index contributed by atoms with van der Waals surface area (Å²) in [6.07, 6.45) is 3.83. The minimum atomic E-state index is -1.04. The van der Waals surface area contributed by atoms with Gasteiger partial charge in [-0.2, -0.15) is 4.98 Å². The van der Waals surface area contributed by atoms with Crippen LogP contribution in [-0.4, -0.2) is 57.7 Å². The molecule has 198 valence electrons. The molecule has 10 nitrogen and oxygen atoms in total. The van der Waals surface area contributed by atoms with E-state index >= 15 is 0 Å². The number of fused-ring (bicyclic) bond motifs is 1. The van der Waals surface area contributed by atoms with Crippen LogP contribution < -0.4 is 15.1 Å². The highest BCUT2D eigenvalue weighted by atomic mass is 35.5. The van der Waals surface area contributed by atoms with Crippen molar-refractivity contribution in [3.8, 4) is 11.1 Å². The van der Waals surface area contributed by atoms with Gasteiger partial charge >= 0.3 is 6.09 Å². The Balaban J connectivity index is 1.45. The number of benzene rings is 2. The van der Waals surface area contributed by atoms with Crippen LogP contribution in [0.4, 0.5) is 27.9 Å². The number of carboxylic acid groups (broad SMARTS) is 1. The number of rotatable bonds is 6. The van der Waals surface area contributed by atoms with Gasteiger partial charge in [-0.15, -0.1) is 0 Å². The van der Waals surface area contributed by atoms with Gasteiger partial charge < -0.3 is 20.2 Å². The average Bonchev–Trinajstić information content (AvgIpc) is 2.92. The molecule has 0 bridgehead atoms. The topological polar surface area (TPSA) is 115 Å². The Kier molecular flexibility index (Phi) is 7.23. The average molecular weight is 564 g/mol. The monoisotopic (exact) mass is 563 g/mol. The number of pyridine rings is 1. The van der Waals surface area contributed by atoms with Gasteiger partial charge in [-0.1, -0.05) is 41.4 Å². The minimum Gasteiger partial charge on any atom is -0.465 e. The molecule has 39 heavy (non-hydrogen) atoms. The van der Waals surface area contributed by atoms with Crippen molar-refractivity contribution in [1.29, 1.82) is 0 Å². The number of amides is 2. The first-order valence-electron chi connectivity index (χ1n) is 11.8. The standard InChI is InChI=1S/C27H23Cl2N7O3/c1-34(27(38)39)14-17-11-18(8-9-19(17)16-5-4-10-30-12-16)32-26-31-13-20-24(33-26)35(2)15-36(25(20)37)23-21(28)6-3-7-22(23)29/h3-13H,14-15H2,1-2H3,(H,38,39)(H,31,32,33). The first-order chi connectivity index (χ1) is 18.7. The number of aromatic nitrogens is 3. The molecule has 2 aromatic carbocycles. The molecule has 0 unspecified atom stereocenters. The number of hydrogen-bond acceptors (Lipinski definition) is 7. The highest BCUT2D eigenvalue weighted by molar-refractivity contribution is 6.40. The summed E-state index contributed by atoms with van der Waals surface area (Å²) in [6, 6.07) is 14.4. The fourth-order valence-corrected chi connectivity index (χ4v) is 4.94. The van der Waals surface area contributed by atoms with Crippen LogP contribution in [0.2, 0.25) is 10.0 Å². The second-order valence-electron chi connectivity index (χ2n) is 8.95. The molecule has 12 heteroatoms. The fraction of sp³-hybridized carbons (Fsp3) is 0.148. The summed E-state index contributed by atoms with van der Waals surface area (Å²) >= 11 is 12.7. The second-order valence-corrected chi connectivity index (χ2v) is 9.77. The lowest BCUT2D eigenvalue weighted by Crippen LogP contribution is -2.46. The Morgan fingerprint density at radius 2 is 1.87 bits per heavy atom. The SMILES string of the molecule is CN(Cc1cc(Nc2ncc3c(n2)N(C)CN(c2c(Cl)cccc2Cl)C3=O)ccc1-c1cccnc1)C(=O)O. The number of anilines is 4. The third-order valence-electron chi connectivity index (χ3n) is 6.23. The molecule has 0 saturated heterocycles. The van der Waals surface area contributed by atoms with Crippen molar-refractivity contribution < 1.29 is 14.7 Å². The summed E-state index contributed by atoms with van der Waals surface area (Å²) in [6.45, 7) is 0.356. The van der Waals surface area contributed by atoms with Crippen molar-refractivity contribution in [3.63, 3.8) is 0 Å². The maximum absolute atomic E-state index is 13.3. The van der Waals surface area contributed by atoms with Gasteiger partial charge in [0.15, 0.2) is 0 Å². The maximum Gasteiger partial charge on any atom is 0.407 e. The number of para-hydroxylation sites is 1. The molecule has 0 aliphatic carbocycles. The lowest BCUT2D eigenvalue weighted by Gasteiger charge is -2.35. The Morgan fingerprint density at radius 1 is 1.10 bits per heavy atom. The molecule has 1 aliphatic rings. The molecule has 2 amide bonds. The van der Waals surface area contributed by atoms with Crippen molar-refractivity contribution in [2.75, 3.05) is 35.9 Å². The summed E-state index contributed by atoms with van der Waals surface area (Å²) in [5.74, 6) is 0.420. The Morgan fingerprint density at radius 3 is 2.56 bits per heavy atom. The van der Waals surface area contributed by atoms with Crippen LogP contribution in [-0.2, 0) is 6.54 Å². The lowest BCUT2D eigenvalue weighted by molar-refractivity contribution is 0.0982. The van der Waals surface area contributed by atoms with Crippen LogP contribution in [0.25, 0.3) is 11.1 Å². The molecule has 0 atom stereocenters. The molecule has 2 aromatic heterocycles. The molecular formula is C27H23Cl2N7O3. The third-order valence-corrected chi connectivity index (χ3v) is 6.84. The van der Waals surface area contributed by atoms with Crippen molar-refractivity contribution in [2.45, 2.75) is 6.54 Å². The van der Waals surface area contributed by atoms with Crippen molar-refractivity contribution in [2.24, 2.45) is 0 Å². The van der Waals surface area contributed by atoms with E-state index in [1.165, 1.54) is 23.0 Å². The van der Waals surface area contributed by atoms with Crippen molar-refractivity contribution in [1.82, 2.24) is 19.9 Å². The van der Waals surface area contributed by atoms with E-state index in [9.17, 15) is 14.7 Å². The van der Waals surface area contributed by atoms with E-state index in [0.717, 1.165) is 16.7 Å². The molecular weight excluding hydrogens is 541 g/mol. The zero-order valence-electron chi connectivity index (χ0n) is 21.0. The van der Waals surface area contributed by atoms with Crippen LogP contribution in [0.5, 0.6) is 0 Å². The molecule has 0 saturated carbocycles. The maximum atomic E-state index is 13.3. The molecule has 3 heterocycles. The minimum absolute atomic E-state index is 0.164. The molecule has 0 spiro atoms. The first-order valence-corrected chi connectivity index (χ1v) is 12.6. The van der Waals surface area contributed by atoms with Crippen LogP contribution in [0.3, 0.4) is 0 Å². The first kappa shape index (κ1) is 26.2. The molecule has 4 aromatic rings. The second kappa shape index (κ2) is 10.8. The van der Waals surface area contributed by atoms with Crippen molar-refractivity contribution in [3.05, 3.63) is 88.3 Å². The predicted octanol–water partition coefficient (Wildman–Crippen LogP) is 5.75. The number of carbonyl (C=O) groups excluding carboxylic acids is 1. The summed E-state index contributed by atoms with van der Waals surface area (Å²) in [4.78, 5) is 42.5. The largest absolute Gasteiger partial charge is 0.465 e. The molecule has 5 rings (SSSR count). The van der Waals surface area contributed by atoms with Crippen LogP contribution in [0, 0.1) is 0 Å². The van der Waals surface area contributed by atoms with Gasteiger partial charge in [0, 0.05) is 50.5 Å². The van der Waals surface area contributed by atoms with Gasteiger partial charge in [0.05, 0.1) is 22.4 Å². The van der Waals surface area contributed by atoms with E-state index in [4.69, 9.17) is 23.2 Å². The van der Waals surface area contributed by atoms with E-state index in [1.807, 2.05) is 42.3 Å². The lowest BCUT2D eigenvalue weighted by atomic mass is 10.00. The highest BCUT2D eigenvalue weighted by Gasteiger charge is 2.32. The number of nitrogens with one attached hydrogen (secondary N) is 1. The van der Waals surface area contributed by atoms with Gasteiger partial charge in [-0.05, 0) is 41.5 Å². The zero-order valence-corrected chi connectivity index (χ0v) is 22.5. The van der Waals surface area contributed by atoms with Gasteiger partial charge in [0.25, 0.3) is 5.91 Å². The van der Waals surface area contributed by atoms with Gasteiger partial charge in [-0.25, -0.2) is 9.78 Å². The van der Waals surface area contributed by atoms with E-state index in [2.05, 4.69) is 20.3 Å². The Labute approximate surface area is 234 Å². The summed E-state index contributed by atoms with van der Waals surface area (Å²) in [5.41, 5.74) is 3.89. The number of carbonyl (C=O) groups is 2. The molecule has 2 N–H and O–H groups in total. The van der Waals surface area contributed by atoms with Crippen molar-refractivity contribution >= 4 is 58.3 Å². The zero-order chi connectivity index (χ0) is 27.7. The predicted molar refractivity (Wildman–Crippen MR) is 151 cm³/mol. The van der Waals surface area contributed by atoms with Crippen LogP contribution >= 0.6 is 23.2 Å². The van der Waals surface area contributed by atoms with Gasteiger partial charge in [0.2, 0.25) is 5.95 Å². The van der Waals surface area contributed by atoms with E-state index in [0.29, 0.717) is 32.8 Å². The van der Waals surface area contributed by atoms with Gasteiger partial charge in [-0.3, -0.25) is 14.7 Å². The van der Waals surface area contributed by atoms with Crippen LogP contribution in [0.1, 0.15) is 15.9 Å². The highest BCUT2D eigenvalue weighted by Crippen LogP contribution is 2.37. The number of hydrogen-bond donors (Lipinski definition) is 2. The van der Waals surface area contributed by atoms with Crippen LogP contribution in [0.15, 0.2) is 67.1 Å². The summed E-state index contributed by atoms with van der Waals surface area (Å²) < 4.78 is 0. The normalized spacial score (nSPS) is 12.8. The smallest absolute Gasteiger partial charge is 0.407 e. The summed E-state index contributed by atoms with van der Waals surface area (Å²) in [7, 11) is 3.32.